The number of anilines is 1. The largest absolute Gasteiger partial charge is 0.417 e. The maximum Gasteiger partial charge on any atom is 0.417 e. The minimum Gasteiger partial charge on any atom is -0.382 e. The third-order valence-electron chi connectivity index (χ3n) is 2.39. The lowest BCUT2D eigenvalue weighted by atomic mass is 10.1. The Labute approximate surface area is 90.7 Å². The van der Waals surface area contributed by atoms with Gasteiger partial charge in [0.25, 0.3) is 0 Å². The highest BCUT2D eigenvalue weighted by Crippen LogP contribution is 2.34. The summed E-state index contributed by atoms with van der Waals surface area (Å²) in [5.74, 6) is 0. The minimum atomic E-state index is -4.47. The first kappa shape index (κ1) is 10.8. The first-order chi connectivity index (χ1) is 7.50. The molecule has 5 heteroatoms. The van der Waals surface area contributed by atoms with Gasteiger partial charge in [-0.25, -0.2) is 0 Å². The van der Waals surface area contributed by atoms with E-state index in [9.17, 15) is 13.2 Å². The summed E-state index contributed by atoms with van der Waals surface area (Å²) in [4.78, 5) is 0. The van der Waals surface area contributed by atoms with Crippen molar-refractivity contribution in [2.75, 3.05) is 5.32 Å². The SMILES string of the molecule is N#Cc1cc(NC2CC2)ccc1C(F)(F)F. The summed E-state index contributed by atoms with van der Waals surface area (Å²) in [5.41, 5.74) is -0.637. The molecule has 0 aliphatic heterocycles. The minimum absolute atomic E-state index is 0.335. The summed E-state index contributed by atoms with van der Waals surface area (Å²) >= 11 is 0. The van der Waals surface area contributed by atoms with Gasteiger partial charge in [-0.3, -0.25) is 0 Å². The molecule has 1 aliphatic carbocycles. The molecule has 1 N–H and O–H groups in total. The summed E-state index contributed by atoms with van der Waals surface area (Å²) in [7, 11) is 0. The van der Waals surface area contributed by atoms with Crippen molar-refractivity contribution in [3.8, 4) is 6.07 Å². The summed E-state index contributed by atoms with van der Waals surface area (Å²) in [6.45, 7) is 0. The molecule has 1 fully saturated rings. The van der Waals surface area contributed by atoms with Gasteiger partial charge in [0.15, 0.2) is 0 Å². The van der Waals surface area contributed by atoms with E-state index in [0.717, 1.165) is 18.9 Å². The number of hydrogen-bond donors (Lipinski definition) is 1. The highest BCUT2D eigenvalue weighted by Gasteiger charge is 2.33. The van der Waals surface area contributed by atoms with Gasteiger partial charge in [0, 0.05) is 11.7 Å². The third kappa shape index (κ3) is 2.27. The Kier molecular flexibility index (Phi) is 2.50. The van der Waals surface area contributed by atoms with Crippen LogP contribution in [0, 0.1) is 11.3 Å². The monoisotopic (exact) mass is 226 g/mol. The van der Waals surface area contributed by atoms with Gasteiger partial charge in [-0.15, -0.1) is 0 Å². The number of alkyl halides is 3. The second-order valence-corrected chi connectivity index (χ2v) is 3.79. The molecule has 1 saturated carbocycles. The molecule has 0 aromatic heterocycles. The lowest BCUT2D eigenvalue weighted by Gasteiger charge is -2.11. The van der Waals surface area contributed by atoms with Crippen molar-refractivity contribution >= 4 is 5.69 Å². The number of rotatable bonds is 2. The van der Waals surface area contributed by atoms with Crippen LogP contribution < -0.4 is 5.32 Å². The van der Waals surface area contributed by atoms with E-state index in [1.165, 1.54) is 12.1 Å². The van der Waals surface area contributed by atoms with Crippen LogP contribution in [0.2, 0.25) is 0 Å². The van der Waals surface area contributed by atoms with E-state index in [-0.39, 0.29) is 5.56 Å². The van der Waals surface area contributed by atoms with Crippen LogP contribution >= 0.6 is 0 Å². The fraction of sp³-hybridized carbons (Fsp3) is 0.364. The van der Waals surface area contributed by atoms with Crippen molar-refractivity contribution < 1.29 is 13.2 Å². The molecule has 0 unspecified atom stereocenters. The van der Waals surface area contributed by atoms with Crippen LogP contribution in [-0.4, -0.2) is 6.04 Å². The molecule has 0 heterocycles. The number of hydrogen-bond acceptors (Lipinski definition) is 2. The number of nitrogens with one attached hydrogen (secondary N) is 1. The van der Waals surface area contributed by atoms with Crippen LogP contribution in [-0.2, 0) is 6.18 Å². The Morgan fingerprint density at radius 3 is 2.50 bits per heavy atom. The molecule has 2 rings (SSSR count). The standard InChI is InChI=1S/C11H9F3N2/c12-11(13,14)10-4-3-9(5-7(10)6-15)16-8-1-2-8/h3-5,8,16H,1-2H2. The number of nitriles is 1. The van der Waals surface area contributed by atoms with E-state index in [1.54, 1.807) is 6.07 Å². The van der Waals surface area contributed by atoms with Gasteiger partial charge in [-0.1, -0.05) is 0 Å². The molecular weight excluding hydrogens is 217 g/mol. The molecule has 0 spiro atoms. The lowest BCUT2D eigenvalue weighted by Crippen LogP contribution is -2.09. The van der Waals surface area contributed by atoms with E-state index in [4.69, 9.17) is 5.26 Å². The second-order valence-electron chi connectivity index (χ2n) is 3.79. The average Bonchev–Trinajstić information content (AvgIpc) is 3.00. The van der Waals surface area contributed by atoms with Gasteiger partial charge in [0.05, 0.1) is 17.2 Å². The first-order valence-electron chi connectivity index (χ1n) is 4.88. The van der Waals surface area contributed by atoms with Crippen molar-refractivity contribution in [1.82, 2.24) is 0 Å². The van der Waals surface area contributed by atoms with Crippen molar-refractivity contribution in [3.63, 3.8) is 0 Å². The van der Waals surface area contributed by atoms with Gasteiger partial charge in [-0.2, -0.15) is 18.4 Å². The first-order valence-corrected chi connectivity index (χ1v) is 4.88. The van der Waals surface area contributed by atoms with Crippen LogP contribution in [0.25, 0.3) is 0 Å². The van der Waals surface area contributed by atoms with Gasteiger partial charge < -0.3 is 5.32 Å². The van der Waals surface area contributed by atoms with Gasteiger partial charge >= 0.3 is 6.18 Å². The molecule has 84 valence electrons. The smallest absolute Gasteiger partial charge is 0.382 e. The van der Waals surface area contributed by atoms with Crippen LogP contribution in [0.15, 0.2) is 18.2 Å². The summed E-state index contributed by atoms with van der Waals surface area (Å²) in [6.07, 6.45) is -2.41. The molecule has 1 aliphatic rings. The van der Waals surface area contributed by atoms with E-state index in [0.29, 0.717) is 11.7 Å². The van der Waals surface area contributed by atoms with Crippen molar-refractivity contribution in [3.05, 3.63) is 29.3 Å². The van der Waals surface area contributed by atoms with E-state index in [2.05, 4.69) is 5.32 Å². The molecule has 0 amide bonds. The molecular formula is C11H9F3N2. The Morgan fingerprint density at radius 2 is 2.00 bits per heavy atom. The number of benzene rings is 1. The summed E-state index contributed by atoms with van der Waals surface area (Å²) in [5, 5.41) is 11.7. The van der Waals surface area contributed by atoms with Crippen LogP contribution in [0.5, 0.6) is 0 Å². The molecule has 0 saturated heterocycles. The highest BCUT2D eigenvalue weighted by molar-refractivity contribution is 5.54. The Balaban J connectivity index is 2.31. The topological polar surface area (TPSA) is 35.8 Å². The zero-order valence-corrected chi connectivity index (χ0v) is 8.30. The summed E-state index contributed by atoms with van der Waals surface area (Å²) in [6, 6.07) is 5.49. The van der Waals surface area contributed by atoms with Crippen molar-refractivity contribution in [2.24, 2.45) is 0 Å². The van der Waals surface area contributed by atoms with Crippen LogP contribution in [0.4, 0.5) is 18.9 Å². The molecule has 0 atom stereocenters. The highest BCUT2D eigenvalue weighted by atomic mass is 19.4. The Morgan fingerprint density at radius 1 is 1.31 bits per heavy atom. The number of nitrogens with zero attached hydrogens (tertiary/aromatic N) is 1. The normalized spacial score (nSPS) is 15.6. The third-order valence-corrected chi connectivity index (χ3v) is 2.39. The van der Waals surface area contributed by atoms with Crippen LogP contribution in [0.1, 0.15) is 24.0 Å². The zero-order chi connectivity index (χ0) is 11.8. The quantitative estimate of drug-likeness (QED) is 0.840. The second kappa shape index (κ2) is 3.71. The average molecular weight is 226 g/mol. The van der Waals surface area contributed by atoms with E-state index < -0.39 is 11.7 Å². The van der Waals surface area contributed by atoms with Gasteiger partial charge in [0.1, 0.15) is 0 Å². The number of halogens is 3. The fourth-order valence-electron chi connectivity index (χ4n) is 1.44. The Hall–Kier alpha value is -1.70. The van der Waals surface area contributed by atoms with E-state index in [1.807, 2.05) is 0 Å². The molecule has 0 bridgehead atoms. The maximum atomic E-state index is 12.5. The maximum absolute atomic E-state index is 12.5. The predicted molar refractivity (Wildman–Crippen MR) is 52.8 cm³/mol. The lowest BCUT2D eigenvalue weighted by molar-refractivity contribution is -0.137. The molecule has 1 aromatic rings. The Bertz CT molecular complexity index is 442. The van der Waals surface area contributed by atoms with Crippen LogP contribution in [0.3, 0.4) is 0 Å². The molecule has 0 radical (unpaired) electrons. The van der Waals surface area contributed by atoms with Crippen molar-refractivity contribution in [2.45, 2.75) is 25.1 Å². The van der Waals surface area contributed by atoms with Crippen molar-refractivity contribution in [1.29, 1.82) is 5.26 Å². The van der Waals surface area contributed by atoms with Gasteiger partial charge in [0.2, 0.25) is 0 Å². The molecule has 16 heavy (non-hydrogen) atoms. The van der Waals surface area contributed by atoms with E-state index >= 15 is 0 Å². The fourth-order valence-corrected chi connectivity index (χ4v) is 1.44. The van der Waals surface area contributed by atoms with Gasteiger partial charge in [-0.05, 0) is 31.0 Å². The molecule has 1 aromatic carbocycles. The molecule has 2 nitrogen and oxygen atoms in total. The zero-order valence-electron chi connectivity index (χ0n) is 8.30. The predicted octanol–water partition coefficient (Wildman–Crippen LogP) is 3.15. The summed E-state index contributed by atoms with van der Waals surface area (Å²) < 4.78 is 37.4.